The van der Waals surface area contributed by atoms with Gasteiger partial charge in [0.1, 0.15) is 5.60 Å². The molecule has 0 heterocycles. The molecule has 0 aliphatic heterocycles. The molecule has 1 aromatic rings. The topological polar surface area (TPSA) is 52.6 Å². The Morgan fingerprint density at radius 1 is 1.16 bits per heavy atom. The lowest BCUT2D eigenvalue weighted by molar-refractivity contribution is 0.00644. The Morgan fingerprint density at radius 3 is 2.32 bits per heavy atom. The zero-order valence-electron chi connectivity index (χ0n) is 11.5. The van der Waals surface area contributed by atoms with Crippen LogP contribution >= 0.6 is 11.6 Å². The predicted octanol–water partition coefficient (Wildman–Crippen LogP) is 3.47. The molecule has 0 radical (unpaired) electrons. The average Bonchev–Trinajstić information content (AvgIpc) is 2.26. The normalized spacial score (nSPS) is 11.0. The second kappa shape index (κ2) is 6.06. The van der Waals surface area contributed by atoms with Gasteiger partial charge in [-0.1, -0.05) is 11.6 Å². The van der Waals surface area contributed by atoms with Crippen LogP contribution in [0.15, 0.2) is 18.2 Å². The third kappa shape index (κ3) is 4.56. The van der Waals surface area contributed by atoms with Gasteiger partial charge in [0.05, 0.1) is 17.7 Å². The maximum atomic E-state index is 12.1. The lowest BCUT2D eigenvalue weighted by Crippen LogP contribution is -2.25. The summed E-state index contributed by atoms with van der Waals surface area (Å²) in [6.45, 7) is 7.18. The molecular weight excluding hydrogens is 268 g/mol. The van der Waals surface area contributed by atoms with Crippen LogP contribution in [0, 0.1) is 0 Å². The van der Waals surface area contributed by atoms with Gasteiger partial charge in [-0.15, -0.1) is 0 Å². The van der Waals surface area contributed by atoms with Crippen molar-refractivity contribution in [3.05, 3.63) is 34.3 Å². The van der Waals surface area contributed by atoms with E-state index in [9.17, 15) is 9.59 Å². The fourth-order valence-corrected chi connectivity index (χ4v) is 1.58. The number of rotatable bonds is 3. The minimum absolute atomic E-state index is 0.112. The molecule has 0 atom stereocenters. The van der Waals surface area contributed by atoms with E-state index in [1.54, 1.807) is 27.7 Å². The number of halogens is 1. The first-order valence-electron chi connectivity index (χ1n) is 5.94. The molecule has 1 rings (SSSR count). The van der Waals surface area contributed by atoms with Crippen LogP contribution in [0.1, 0.15) is 48.4 Å². The molecule has 0 saturated heterocycles. The van der Waals surface area contributed by atoms with Gasteiger partial charge in [0.15, 0.2) is 0 Å². The summed E-state index contributed by atoms with van der Waals surface area (Å²) in [5.41, 5.74) is -0.382. The van der Waals surface area contributed by atoms with E-state index < -0.39 is 17.5 Å². The smallest absolute Gasteiger partial charge is 0.339 e. The molecule has 1 aromatic carbocycles. The highest BCUT2D eigenvalue weighted by atomic mass is 35.5. The third-order valence-electron chi connectivity index (χ3n) is 2.10. The van der Waals surface area contributed by atoms with Gasteiger partial charge < -0.3 is 9.47 Å². The maximum Gasteiger partial charge on any atom is 0.339 e. The highest BCUT2D eigenvalue weighted by Gasteiger charge is 2.23. The first kappa shape index (κ1) is 15.5. The number of carbonyl (C=O) groups is 2. The molecule has 0 bridgehead atoms. The zero-order chi connectivity index (χ0) is 14.6. The van der Waals surface area contributed by atoms with E-state index in [-0.39, 0.29) is 17.7 Å². The van der Waals surface area contributed by atoms with Crippen LogP contribution in [0.4, 0.5) is 0 Å². The van der Waals surface area contributed by atoms with E-state index in [2.05, 4.69) is 0 Å². The third-order valence-corrected chi connectivity index (χ3v) is 2.33. The van der Waals surface area contributed by atoms with E-state index in [1.165, 1.54) is 18.2 Å². The number of benzene rings is 1. The van der Waals surface area contributed by atoms with Crippen LogP contribution in [0.5, 0.6) is 0 Å². The second-order valence-electron chi connectivity index (χ2n) is 4.91. The molecule has 0 amide bonds. The van der Waals surface area contributed by atoms with Crippen LogP contribution in [-0.2, 0) is 9.47 Å². The Balaban J connectivity index is 3.14. The van der Waals surface area contributed by atoms with E-state index in [4.69, 9.17) is 21.1 Å². The minimum Gasteiger partial charge on any atom is -0.462 e. The average molecular weight is 285 g/mol. The first-order chi connectivity index (χ1) is 8.74. The summed E-state index contributed by atoms with van der Waals surface area (Å²) in [5.74, 6) is -1.17. The number of ether oxygens (including phenoxy) is 2. The van der Waals surface area contributed by atoms with Gasteiger partial charge in [-0.25, -0.2) is 9.59 Å². The lowest BCUT2D eigenvalue weighted by atomic mass is 10.1. The fourth-order valence-electron chi connectivity index (χ4n) is 1.41. The quantitative estimate of drug-likeness (QED) is 0.798. The van der Waals surface area contributed by atoms with Crippen LogP contribution in [0.25, 0.3) is 0 Å². The van der Waals surface area contributed by atoms with E-state index in [0.29, 0.717) is 5.02 Å². The summed E-state index contributed by atoms with van der Waals surface area (Å²) in [6.07, 6.45) is 0. The fraction of sp³-hybridized carbons (Fsp3) is 0.429. The van der Waals surface area contributed by atoms with Crippen molar-refractivity contribution in [2.75, 3.05) is 6.61 Å². The van der Waals surface area contributed by atoms with Gasteiger partial charge in [0, 0.05) is 5.02 Å². The van der Waals surface area contributed by atoms with Gasteiger partial charge in [-0.3, -0.25) is 0 Å². The lowest BCUT2D eigenvalue weighted by Gasteiger charge is -2.20. The second-order valence-corrected chi connectivity index (χ2v) is 5.35. The predicted molar refractivity (Wildman–Crippen MR) is 72.6 cm³/mol. The number of carbonyl (C=O) groups excluding carboxylic acids is 2. The molecule has 0 saturated carbocycles. The van der Waals surface area contributed by atoms with Crippen molar-refractivity contribution in [1.82, 2.24) is 0 Å². The van der Waals surface area contributed by atoms with Gasteiger partial charge in [0.2, 0.25) is 0 Å². The molecule has 0 N–H and O–H groups in total. The molecule has 4 nitrogen and oxygen atoms in total. The monoisotopic (exact) mass is 284 g/mol. The van der Waals surface area contributed by atoms with Crippen molar-refractivity contribution in [2.24, 2.45) is 0 Å². The van der Waals surface area contributed by atoms with Crippen LogP contribution < -0.4 is 0 Å². The summed E-state index contributed by atoms with van der Waals surface area (Å²) in [5, 5.41) is 0.355. The van der Waals surface area contributed by atoms with Gasteiger partial charge in [0.25, 0.3) is 0 Å². The van der Waals surface area contributed by atoms with Gasteiger partial charge in [-0.2, -0.15) is 0 Å². The van der Waals surface area contributed by atoms with Crippen molar-refractivity contribution >= 4 is 23.5 Å². The highest BCUT2D eigenvalue weighted by Crippen LogP contribution is 2.20. The largest absolute Gasteiger partial charge is 0.462 e. The molecule has 104 valence electrons. The number of hydrogen-bond donors (Lipinski definition) is 0. The SMILES string of the molecule is CCOC(=O)c1ccc(Cl)cc1C(=O)OC(C)(C)C. The summed E-state index contributed by atoms with van der Waals surface area (Å²) >= 11 is 5.85. The summed E-state index contributed by atoms with van der Waals surface area (Å²) in [4.78, 5) is 23.8. The number of hydrogen-bond acceptors (Lipinski definition) is 4. The molecule has 0 aromatic heterocycles. The van der Waals surface area contributed by atoms with Crippen molar-refractivity contribution in [3.8, 4) is 0 Å². The van der Waals surface area contributed by atoms with Crippen LogP contribution in [0.3, 0.4) is 0 Å². The van der Waals surface area contributed by atoms with Gasteiger partial charge >= 0.3 is 11.9 Å². The summed E-state index contributed by atoms with van der Waals surface area (Å²) in [7, 11) is 0. The van der Waals surface area contributed by atoms with E-state index in [1.807, 2.05) is 0 Å². The Hall–Kier alpha value is -1.55. The molecule has 0 spiro atoms. The molecule has 0 unspecified atom stereocenters. The van der Waals surface area contributed by atoms with Crippen LogP contribution in [-0.4, -0.2) is 24.1 Å². The molecular formula is C14H17ClO4. The van der Waals surface area contributed by atoms with Crippen molar-refractivity contribution in [1.29, 1.82) is 0 Å². The Morgan fingerprint density at radius 2 is 1.79 bits per heavy atom. The Kier molecular flexibility index (Phi) is 4.95. The summed E-state index contributed by atoms with van der Waals surface area (Å²) < 4.78 is 10.1. The molecule has 0 aliphatic carbocycles. The molecule has 0 fully saturated rings. The standard InChI is InChI=1S/C14H17ClO4/c1-5-18-12(16)10-7-6-9(15)8-11(10)13(17)19-14(2,3)4/h6-8H,5H2,1-4H3. The zero-order valence-corrected chi connectivity index (χ0v) is 12.2. The highest BCUT2D eigenvalue weighted by molar-refractivity contribution is 6.31. The molecule has 19 heavy (non-hydrogen) atoms. The van der Waals surface area contributed by atoms with Crippen LogP contribution in [0.2, 0.25) is 5.02 Å². The van der Waals surface area contributed by atoms with Crippen molar-refractivity contribution < 1.29 is 19.1 Å². The maximum absolute atomic E-state index is 12.1. The Bertz CT molecular complexity index is 489. The van der Waals surface area contributed by atoms with Crippen molar-refractivity contribution in [2.45, 2.75) is 33.3 Å². The first-order valence-corrected chi connectivity index (χ1v) is 6.32. The Labute approximate surface area is 117 Å². The van der Waals surface area contributed by atoms with E-state index in [0.717, 1.165) is 0 Å². The van der Waals surface area contributed by atoms with E-state index >= 15 is 0 Å². The summed E-state index contributed by atoms with van der Waals surface area (Å²) in [6, 6.07) is 4.39. The number of esters is 2. The molecule has 5 heteroatoms. The van der Waals surface area contributed by atoms with Gasteiger partial charge in [-0.05, 0) is 45.9 Å². The minimum atomic E-state index is -0.647. The van der Waals surface area contributed by atoms with Crippen molar-refractivity contribution in [3.63, 3.8) is 0 Å². The molecule has 0 aliphatic rings.